The maximum absolute atomic E-state index is 13.3. The van der Waals surface area contributed by atoms with Crippen LogP contribution in [0, 0.1) is 6.92 Å². The van der Waals surface area contributed by atoms with E-state index >= 15 is 0 Å². The summed E-state index contributed by atoms with van der Waals surface area (Å²) in [5.41, 5.74) is 4.53. The number of benzene rings is 2. The van der Waals surface area contributed by atoms with Crippen LogP contribution in [0.25, 0.3) is 0 Å². The van der Waals surface area contributed by atoms with Gasteiger partial charge in [-0.3, -0.25) is 13.8 Å². The van der Waals surface area contributed by atoms with Gasteiger partial charge in [-0.25, -0.2) is 9.97 Å². The van der Waals surface area contributed by atoms with Crippen LogP contribution in [0.4, 0.5) is 11.6 Å². The molecule has 3 atom stereocenters. The van der Waals surface area contributed by atoms with Crippen molar-refractivity contribution in [2.45, 2.75) is 50.2 Å². The van der Waals surface area contributed by atoms with Crippen LogP contribution in [0.1, 0.15) is 54.1 Å². The van der Waals surface area contributed by atoms with Crippen LogP contribution in [0.3, 0.4) is 0 Å². The summed E-state index contributed by atoms with van der Waals surface area (Å²) in [5.74, 6) is 0.103. The van der Waals surface area contributed by atoms with Gasteiger partial charge in [-0.15, -0.1) is 0 Å². The van der Waals surface area contributed by atoms with Crippen molar-refractivity contribution in [3.05, 3.63) is 77.1 Å². The smallest absolute Gasteiger partial charge is 0.251 e. The number of anilines is 2. The van der Waals surface area contributed by atoms with Gasteiger partial charge in [0, 0.05) is 42.0 Å². The summed E-state index contributed by atoms with van der Waals surface area (Å²) in [4.78, 5) is 39.1. The average Bonchev–Trinajstić information content (AvgIpc) is 3.49. The highest BCUT2D eigenvalue weighted by atomic mass is 32.2. The van der Waals surface area contributed by atoms with E-state index in [2.05, 4.69) is 51.4 Å². The molecule has 3 aromatic rings. The first-order chi connectivity index (χ1) is 17.3. The normalized spacial score (nSPS) is 19.8. The molecule has 5 rings (SSSR count). The second kappa shape index (κ2) is 9.81. The molecule has 9 heteroatoms. The van der Waals surface area contributed by atoms with Gasteiger partial charge in [-0.05, 0) is 48.6 Å². The van der Waals surface area contributed by atoms with Crippen LogP contribution < -0.4 is 10.2 Å². The fourth-order valence-electron chi connectivity index (χ4n) is 5.16. The molecule has 3 unspecified atom stereocenters. The lowest BCUT2D eigenvalue weighted by Crippen LogP contribution is -2.35. The third-order valence-electron chi connectivity index (χ3n) is 6.89. The first-order valence-corrected chi connectivity index (χ1v) is 13.6. The van der Waals surface area contributed by atoms with E-state index in [1.807, 2.05) is 6.07 Å². The Morgan fingerprint density at radius 3 is 2.58 bits per heavy atom. The maximum Gasteiger partial charge on any atom is 0.251 e. The monoisotopic (exact) mass is 503 g/mol. The number of amides is 2. The lowest BCUT2D eigenvalue weighted by Gasteiger charge is -2.25. The van der Waals surface area contributed by atoms with E-state index in [0.29, 0.717) is 23.1 Å². The Bertz CT molecular complexity index is 1340. The Morgan fingerprint density at radius 2 is 1.89 bits per heavy atom. The summed E-state index contributed by atoms with van der Waals surface area (Å²) in [6, 6.07) is 13.3. The van der Waals surface area contributed by atoms with Crippen LogP contribution in [-0.4, -0.2) is 43.7 Å². The van der Waals surface area contributed by atoms with Crippen molar-refractivity contribution in [2.24, 2.45) is 0 Å². The number of fused-ring (bicyclic) bond motifs is 1. The Hall–Kier alpha value is -3.59. The predicted molar refractivity (Wildman–Crippen MR) is 139 cm³/mol. The standard InChI is InChI=1S/C27H29N5O3S/c1-17-6-4-7-19(12-17)24-8-5-11-31(24)27-28-14-21(15-29-27)30-26(34)25-23-10-9-22(36(3)35)13-20(23)16-32(25)18(2)33/h4,6-7,9-10,12-15,24-25H,5,8,11,16H2,1-3H3,(H,30,34). The van der Waals surface area contributed by atoms with E-state index in [1.165, 1.54) is 23.0 Å². The number of hydrogen-bond donors (Lipinski definition) is 1. The van der Waals surface area contributed by atoms with E-state index in [-0.39, 0.29) is 17.9 Å². The molecule has 36 heavy (non-hydrogen) atoms. The number of nitrogens with one attached hydrogen (secondary N) is 1. The zero-order valence-corrected chi connectivity index (χ0v) is 21.4. The number of carbonyl (C=O) groups excluding carboxylic acids is 2. The molecule has 1 fully saturated rings. The van der Waals surface area contributed by atoms with E-state index in [4.69, 9.17) is 0 Å². The van der Waals surface area contributed by atoms with Gasteiger partial charge in [0.2, 0.25) is 11.9 Å². The molecule has 2 aliphatic heterocycles. The summed E-state index contributed by atoms with van der Waals surface area (Å²) in [6.07, 6.45) is 6.95. The Labute approximate surface area is 213 Å². The molecule has 1 N–H and O–H groups in total. The topological polar surface area (TPSA) is 95.5 Å². The second-order valence-electron chi connectivity index (χ2n) is 9.39. The maximum atomic E-state index is 13.3. The summed E-state index contributed by atoms with van der Waals surface area (Å²) in [6.45, 7) is 4.72. The zero-order chi connectivity index (χ0) is 25.4. The number of rotatable bonds is 5. The minimum absolute atomic E-state index is 0.201. The molecule has 8 nitrogen and oxygen atoms in total. The molecule has 2 aliphatic rings. The minimum atomic E-state index is -1.14. The van der Waals surface area contributed by atoms with Crippen molar-refractivity contribution in [1.29, 1.82) is 0 Å². The van der Waals surface area contributed by atoms with Crippen molar-refractivity contribution in [3.8, 4) is 0 Å². The van der Waals surface area contributed by atoms with Gasteiger partial charge in [0.15, 0.2) is 0 Å². The first-order valence-electron chi connectivity index (χ1n) is 12.0. The number of nitrogens with zero attached hydrogens (tertiary/aromatic N) is 4. The van der Waals surface area contributed by atoms with Crippen LogP contribution in [0.5, 0.6) is 0 Å². The van der Waals surface area contributed by atoms with Crippen molar-refractivity contribution in [1.82, 2.24) is 14.9 Å². The van der Waals surface area contributed by atoms with Crippen LogP contribution in [-0.2, 0) is 26.9 Å². The zero-order valence-electron chi connectivity index (χ0n) is 20.6. The van der Waals surface area contributed by atoms with Crippen LogP contribution in [0.2, 0.25) is 0 Å². The SMILES string of the molecule is CC(=O)N1Cc2cc(S(C)=O)ccc2C1C(=O)Nc1cnc(N2CCCC2c2cccc(C)c2)nc1. The molecule has 3 heterocycles. The largest absolute Gasteiger partial charge is 0.334 e. The molecule has 0 aliphatic carbocycles. The summed E-state index contributed by atoms with van der Waals surface area (Å²) in [7, 11) is -1.14. The Morgan fingerprint density at radius 1 is 1.11 bits per heavy atom. The summed E-state index contributed by atoms with van der Waals surface area (Å²) in [5, 5.41) is 2.88. The van der Waals surface area contributed by atoms with E-state index < -0.39 is 16.8 Å². The van der Waals surface area contributed by atoms with Crippen molar-refractivity contribution in [3.63, 3.8) is 0 Å². The van der Waals surface area contributed by atoms with Gasteiger partial charge in [-0.1, -0.05) is 35.9 Å². The van der Waals surface area contributed by atoms with Gasteiger partial charge >= 0.3 is 0 Å². The summed E-state index contributed by atoms with van der Waals surface area (Å²) >= 11 is 0. The Balaban J connectivity index is 1.34. The lowest BCUT2D eigenvalue weighted by atomic mass is 10.0. The molecule has 186 valence electrons. The van der Waals surface area contributed by atoms with Crippen molar-refractivity contribution >= 4 is 34.2 Å². The third-order valence-corrected chi connectivity index (χ3v) is 7.81. The number of hydrogen-bond acceptors (Lipinski definition) is 6. The Kier molecular flexibility index (Phi) is 6.57. The number of carbonyl (C=O) groups is 2. The van der Waals surface area contributed by atoms with Gasteiger partial charge in [0.1, 0.15) is 6.04 Å². The van der Waals surface area contributed by atoms with E-state index in [9.17, 15) is 13.8 Å². The van der Waals surface area contributed by atoms with Crippen molar-refractivity contribution in [2.75, 3.05) is 23.0 Å². The highest BCUT2D eigenvalue weighted by Gasteiger charge is 2.37. The van der Waals surface area contributed by atoms with Crippen LogP contribution >= 0.6 is 0 Å². The number of aryl methyl sites for hydroxylation is 1. The minimum Gasteiger partial charge on any atom is -0.334 e. The fraction of sp³-hybridized carbons (Fsp3) is 0.333. The van der Waals surface area contributed by atoms with Crippen LogP contribution in [0.15, 0.2) is 59.8 Å². The first kappa shape index (κ1) is 24.1. The molecule has 1 saturated heterocycles. The number of aromatic nitrogens is 2. The molecule has 0 spiro atoms. The highest BCUT2D eigenvalue weighted by Crippen LogP contribution is 2.37. The highest BCUT2D eigenvalue weighted by molar-refractivity contribution is 7.84. The fourth-order valence-corrected chi connectivity index (χ4v) is 5.73. The average molecular weight is 504 g/mol. The quantitative estimate of drug-likeness (QED) is 0.567. The molecule has 2 amide bonds. The molecule has 1 aromatic heterocycles. The van der Waals surface area contributed by atoms with E-state index in [0.717, 1.165) is 30.5 Å². The molecule has 2 aromatic carbocycles. The molecular formula is C27H29N5O3S. The lowest BCUT2D eigenvalue weighted by molar-refractivity contribution is -0.136. The second-order valence-corrected chi connectivity index (χ2v) is 10.8. The van der Waals surface area contributed by atoms with Gasteiger partial charge in [-0.2, -0.15) is 0 Å². The molecule has 0 saturated carbocycles. The predicted octanol–water partition coefficient (Wildman–Crippen LogP) is 3.91. The van der Waals surface area contributed by atoms with Gasteiger partial charge in [0.25, 0.3) is 5.91 Å². The molecular weight excluding hydrogens is 474 g/mol. The van der Waals surface area contributed by atoms with Gasteiger partial charge in [0.05, 0.1) is 24.1 Å². The van der Waals surface area contributed by atoms with Crippen molar-refractivity contribution < 1.29 is 13.8 Å². The third kappa shape index (κ3) is 4.63. The van der Waals surface area contributed by atoms with E-state index in [1.54, 1.807) is 30.8 Å². The summed E-state index contributed by atoms with van der Waals surface area (Å²) < 4.78 is 11.9. The molecule has 0 radical (unpaired) electrons. The van der Waals surface area contributed by atoms with Gasteiger partial charge < -0.3 is 15.1 Å². The molecule has 0 bridgehead atoms.